The number of rotatable bonds is 14. The summed E-state index contributed by atoms with van der Waals surface area (Å²) in [6.07, 6.45) is 0.838. The van der Waals surface area contributed by atoms with Crippen molar-refractivity contribution in [3.8, 4) is 0 Å². The Balaban J connectivity index is 1.89. The molecule has 2 atom stereocenters. The highest BCUT2D eigenvalue weighted by Gasteiger charge is 2.18. The number of alkyl carbamates (subject to hydrolysis) is 2. The van der Waals surface area contributed by atoms with E-state index < -0.39 is 36.2 Å². The highest BCUT2D eigenvalue weighted by Crippen LogP contribution is 2.07. The molecule has 216 valence electrons. The van der Waals surface area contributed by atoms with Gasteiger partial charge in [-0.15, -0.1) is 0 Å². The summed E-state index contributed by atoms with van der Waals surface area (Å²) in [4.78, 5) is 48.7. The molecule has 10 nitrogen and oxygen atoms in total. The largest absolute Gasteiger partial charge is 0.460 e. The summed E-state index contributed by atoms with van der Waals surface area (Å²) in [5, 5.41) is 5.40. The predicted molar refractivity (Wildman–Crippen MR) is 148 cm³/mol. The van der Waals surface area contributed by atoms with Crippen LogP contribution in [0.25, 0.3) is 0 Å². The molecule has 0 saturated carbocycles. The molecule has 2 aromatic carbocycles. The normalized spacial score (nSPS) is 12.4. The first-order valence-corrected chi connectivity index (χ1v) is 13.1. The third kappa shape index (κ3) is 14.0. The predicted octanol–water partition coefficient (Wildman–Crippen LogP) is 4.12. The smallest absolute Gasteiger partial charge is 0.407 e. The number of nitrogens with one attached hydrogen (secondary N) is 2. The first-order valence-electron chi connectivity index (χ1n) is 13.1. The zero-order valence-corrected chi connectivity index (χ0v) is 23.3. The monoisotopic (exact) mass is 554 g/mol. The second-order valence-corrected chi connectivity index (χ2v) is 9.56. The van der Waals surface area contributed by atoms with Crippen LogP contribution in [0.15, 0.2) is 72.8 Å². The lowest BCUT2D eigenvalue weighted by Gasteiger charge is -2.19. The number of carbonyl (C=O) groups excluding carboxylic acids is 4. The van der Waals surface area contributed by atoms with Crippen LogP contribution in [0.2, 0.25) is 0 Å². The van der Waals surface area contributed by atoms with Gasteiger partial charge in [-0.3, -0.25) is 0 Å². The lowest BCUT2D eigenvalue weighted by molar-refractivity contribution is -0.141. The fourth-order valence-electron chi connectivity index (χ4n) is 3.53. The molecule has 2 rings (SSSR count). The highest BCUT2D eigenvalue weighted by molar-refractivity contribution is 5.91. The third-order valence-electron chi connectivity index (χ3n) is 5.19. The summed E-state index contributed by atoms with van der Waals surface area (Å²) in [5.74, 6) is -1.57. The van der Waals surface area contributed by atoms with E-state index in [1.165, 1.54) is 0 Å². The van der Waals surface area contributed by atoms with Crippen molar-refractivity contribution < 1.29 is 38.1 Å². The van der Waals surface area contributed by atoms with Gasteiger partial charge in [0.15, 0.2) is 0 Å². The van der Waals surface area contributed by atoms with Crippen molar-refractivity contribution in [2.45, 2.75) is 64.8 Å². The number of amides is 2. The summed E-state index contributed by atoms with van der Waals surface area (Å²) in [6, 6.07) is 17.7. The topological polar surface area (TPSA) is 129 Å². The Morgan fingerprint density at radius 2 is 0.975 bits per heavy atom. The molecule has 0 unspecified atom stereocenters. The molecule has 0 spiro atoms. The van der Waals surface area contributed by atoms with Crippen LogP contribution < -0.4 is 10.6 Å². The molecule has 2 N–H and O–H groups in total. The molecule has 40 heavy (non-hydrogen) atoms. The van der Waals surface area contributed by atoms with Crippen molar-refractivity contribution in [3.63, 3.8) is 0 Å². The van der Waals surface area contributed by atoms with Gasteiger partial charge in [0, 0.05) is 12.2 Å². The lowest BCUT2D eigenvalue weighted by atomic mass is 10.1. The summed E-state index contributed by atoms with van der Waals surface area (Å²) >= 11 is 0. The lowest BCUT2D eigenvalue weighted by Crippen LogP contribution is -2.41. The van der Waals surface area contributed by atoms with E-state index in [1.807, 2.05) is 60.7 Å². The molecule has 0 aliphatic carbocycles. The molecule has 0 heterocycles. The Bertz CT molecular complexity index is 1020. The number of esters is 2. The van der Waals surface area contributed by atoms with E-state index in [0.717, 1.165) is 23.3 Å². The Morgan fingerprint density at radius 1 is 0.625 bits per heavy atom. The maximum absolute atomic E-state index is 12.3. The molecule has 0 saturated heterocycles. The summed E-state index contributed by atoms with van der Waals surface area (Å²) in [5.41, 5.74) is 1.87. The maximum atomic E-state index is 12.3. The van der Waals surface area contributed by atoms with Gasteiger partial charge in [0.25, 0.3) is 0 Å². The quantitative estimate of drug-likeness (QED) is 0.203. The van der Waals surface area contributed by atoms with Gasteiger partial charge < -0.3 is 29.6 Å². The van der Waals surface area contributed by atoms with Gasteiger partial charge >= 0.3 is 24.1 Å². The van der Waals surface area contributed by atoms with E-state index >= 15 is 0 Å². The molecule has 0 aliphatic rings. The van der Waals surface area contributed by atoms with E-state index in [0.29, 0.717) is 12.8 Å². The second-order valence-electron chi connectivity index (χ2n) is 9.56. The van der Waals surface area contributed by atoms with Crippen LogP contribution in [-0.4, -0.2) is 61.6 Å². The molecular formula is C30H38N2O8. The standard InChI is InChI=1S/C30H38N2O8/c1-21(2)39-29(35)31-25(17-23-11-7-5-8-12-23)19-37-27(33)15-16-28(34)38-20-26(32-30(36)40-22(3)4)18-24-13-9-6-10-14-24/h5-16,21-22,25-26H,17-20H2,1-4H3,(H,31,35)(H,32,36)/b16-15+/t25-,26-/m1/s1. The number of carbonyl (C=O) groups is 4. The summed E-state index contributed by atoms with van der Waals surface area (Å²) in [6.45, 7) is 6.64. The van der Waals surface area contributed by atoms with Crippen molar-refractivity contribution in [1.82, 2.24) is 10.6 Å². The van der Waals surface area contributed by atoms with Crippen molar-refractivity contribution in [3.05, 3.63) is 83.9 Å². The van der Waals surface area contributed by atoms with E-state index in [9.17, 15) is 19.2 Å². The Morgan fingerprint density at radius 3 is 1.30 bits per heavy atom. The minimum absolute atomic E-state index is 0.138. The molecule has 0 radical (unpaired) electrons. The van der Waals surface area contributed by atoms with Crippen molar-refractivity contribution in [2.24, 2.45) is 0 Å². The van der Waals surface area contributed by atoms with Crippen LogP contribution in [-0.2, 0) is 41.4 Å². The number of hydrogen-bond acceptors (Lipinski definition) is 8. The Kier molecular flexibility index (Phi) is 13.8. The minimum atomic E-state index is -0.784. The van der Waals surface area contributed by atoms with Gasteiger partial charge in [-0.25, -0.2) is 19.2 Å². The second kappa shape index (κ2) is 17.3. The van der Waals surface area contributed by atoms with Crippen LogP contribution in [0, 0.1) is 0 Å². The van der Waals surface area contributed by atoms with Gasteiger partial charge in [-0.1, -0.05) is 60.7 Å². The van der Waals surface area contributed by atoms with Gasteiger partial charge in [-0.05, 0) is 51.7 Å². The van der Waals surface area contributed by atoms with Crippen LogP contribution in [0.5, 0.6) is 0 Å². The third-order valence-corrected chi connectivity index (χ3v) is 5.19. The SMILES string of the molecule is CC(C)OC(=O)N[C@@H](COC(=O)/C=C/C(=O)OC[C@@H](Cc1ccccc1)NC(=O)OC(C)C)Cc1ccccc1. The average molecular weight is 555 g/mol. The van der Waals surface area contributed by atoms with Crippen molar-refractivity contribution >= 4 is 24.1 Å². The fourth-order valence-corrected chi connectivity index (χ4v) is 3.53. The Labute approximate surface area is 235 Å². The van der Waals surface area contributed by atoms with E-state index in [1.54, 1.807) is 27.7 Å². The van der Waals surface area contributed by atoms with E-state index in [-0.39, 0.29) is 25.4 Å². The van der Waals surface area contributed by atoms with Crippen LogP contribution in [0.4, 0.5) is 9.59 Å². The van der Waals surface area contributed by atoms with Gasteiger partial charge in [0.05, 0.1) is 24.3 Å². The van der Waals surface area contributed by atoms with E-state index in [4.69, 9.17) is 18.9 Å². The van der Waals surface area contributed by atoms with Crippen molar-refractivity contribution in [1.29, 1.82) is 0 Å². The molecule has 2 aromatic rings. The van der Waals surface area contributed by atoms with Crippen LogP contribution >= 0.6 is 0 Å². The first kappa shape index (κ1) is 31.9. The summed E-state index contributed by atoms with van der Waals surface area (Å²) < 4.78 is 20.8. The highest BCUT2D eigenvalue weighted by atomic mass is 16.6. The van der Waals surface area contributed by atoms with Crippen molar-refractivity contribution in [2.75, 3.05) is 13.2 Å². The first-order chi connectivity index (χ1) is 19.1. The molecule has 10 heteroatoms. The zero-order chi connectivity index (χ0) is 29.3. The van der Waals surface area contributed by atoms with Gasteiger partial charge in [0.2, 0.25) is 0 Å². The number of ether oxygens (including phenoxy) is 4. The molecule has 2 amide bonds. The minimum Gasteiger partial charge on any atom is -0.460 e. The number of hydrogen-bond donors (Lipinski definition) is 2. The molecule has 0 fully saturated rings. The molecule has 0 aromatic heterocycles. The fraction of sp³-hybridized carbons (Fsp3) is 0.400. The maximum Gasteiger partial charge on any atom is 0.407 e. The molecular weight excluding hydrogens is 516 g/mol. The average Bonchev–Trinajstić information content (AvgIpc) is 2.89. The summed E-state index contributed by atoms with van der Waals surface area (Å²) in [7, 11) is 0. The zero-order valence-electron chi connectivity index (χ0n) is 23.3. The van der Waals surface area contributed by atoms with Crippen LogP contribution in [0.1, 0.15) is 38.8 Å². The molecule has 0 bridgehead atoms. The van der Waals surface area contributed by atoms with Gasteiger partial charge in [-0.2, -0.15) is 0 Å². The van der Waals surface area contributed by atoms with E-state index in [2.05, 4.69) is 10.6 Å². The van der Waals surface area contributed by atoms with Crippen LogP contribution in [0.3, 0.4) is 0 Å². The number of benzene rings is 2. The van der Waals surface area contributed by atoms with Gasteiger partial charge in [0.1, 0.15) is 13.2 Å². The Hall–Kier alpha value is -4.34. The molecule has 0 aliphatic heterocycles.